The number of carbonyl (C=O) groups is 3. The molecule has 9 nitrogen and oxygen atoms in total. The molecule has 0 aliphatic carbocycles. The lowest BCUT2D eigenvalue weighted by molar-refractivity contribution is -0.130. The van der Waals surface area contributed by atoms with E-state index in [4.69, 9.17) is 4.74 Å². The molecule has 24 heavy (non-hydrogen) atoms. The fourth-order valence-corrected chi connectivity index (χ4v) is 1.68. The van der Waals surface area contributed by atoms with Crippen LogP contribution in [0, 0.1) is 0 Å². The second-order valence-corrected chi connectivity index (χ2v) is 4.73. The Kier molecular flexibility index (Phi) is 6.33. The summed E-state index contributed by atoms with van der Waals surface area (Å²) >= 11 is 0. The topological polar surface area (TPSA) is 125 Å². The van der Waals surface area contributed by atoms with E-state index in [2.05, 4.69) is 26.4 Å². The Morgan fingerprint density at radius 2 is 1.75 bits per heavy atom. The van der Waals surface area contributed by atoms with Gasteiger partial charge in [0.2, 0.25) is 5.91 Å². The normalized spacial score (nSPS) is 9.83. The Bertz CT molecular complexity index is 672. The number of hydrogen-bond donors (Lipinski definition) is 4. The summed E-state index contributed by atoms with van der Waals surface area (Å²) in [5.41, 5.74) is 5.05. The number of ether oxygens (including phenoxy) is 1. The summed E-state index contributed by atoms with van der Waals surface area (Å²) < 4.78 is 5.23. The van der Waals surface area contributed by atoms with Gasteiger partial charge in [-0.15, -0.1) is 0 Å². The monoisotopic (exact) mass is 331 g/mol. The van der Waals surface area contributed by atoms with Gasteiger partial charge in [-0.05, 0) is 18.2 Å². The molecular formula is C15H17N5O4. The maximum Gasteiger partial charge on any atom is 0.258 e. The van der Waals surface area contributed by atoms with Gasteiger partial charge in [-0.25, -0.2) is 0 Å². The van der Waals surface area contributed by atoms with E-state index in [1.165, 1.54) is 6.20 Å². The van der Waals surface area contributed by atoms with Gasteiger partial charge < -0.3 is 10.1 Å². The molecule has 2 rings (SSSR count). The molecule has 0 radical (unpaired) electrons. The molecule has 0 aliphatic heterocycles. The fourth-order valence-electron chi connectivity index (χ4n) is 1.68. The van der Waals surface area contributed by atoms with Crippen LogP contribution in [0.2, 0.25) is 0 Å². The highest BCUT2D eigenvalue weighted by molar-refractivity contribution is 5.87. The average Bonchev–Trinajstić information content (AvgIpc) is 3.10. The Balaban J connectivity index is 1.58. The molecule has 126 valence electrons. The number of nitrogens with zero attached hydrogens (tertiary/aromatic N) is 1. The van der Waals surface area contributed by atoms with E-state index < -0.39 is 17.7 Å². The van der Waals surface area contributed by atoms with Crippen LogP contribution in [-0.2, 0) is 20.8 Å². The lowest BCUT2D eigenvalue weighted by Crippen LogP contribution is -2.47. The van der Waals surface area contributed by atoms with Crippen LogP contribution in [0.1, 0.15) is 5.69 Å². The number of amides is 3. The number of hydrogen-bond acceptors (Lipinski definition) is 5. The highest BCUT2D eigenvalue weighted by Gasteiger charge is 2.08. The molecule has 4 N–H and O–H groups in total. The molecule has 3 amide bonds. The molecule has 1 aromatic carbocycles. The third kappa shape index (κ3) is 6.18. The van der Waals surface area contributed by atoms with Crippen molar-refractivity contribution in [2.75, 3.05) is 13.2 Å². The maximum atomic E-state index is 11.6. The number of carbonyl (C=O) groups excluding carboxylic acids is 3. The summed E-state index contributed by atoms with van der Waals surface area (Å²) in [6.45, 7) is -0.481. The number of nitrogens with one attached hydrogen (secondary N) is 4. The maximum absolute atomic E-state index is 11.6. The van der Waals surface area contributed by atoms with Gasteiger partial charge in [-0.2, -0.15) is 5.10 Å². The van der Waals surface area contributed by atoms with Crippen molar-refractivity contribution in [3.63, 3.8) is 0 Å². The highest BCUT2D eigenvalue weighted by atomic mass is 16.5. The molecule has 1 aromatic heterocycles. The van der Waals surface area contributed by atoms with Crippen molar-refractivity contribution in [3.05, 3.63) is 48.3 Å². The van der Waals surface area contributed by atoms with Gasteiger partial charge in [0.15, 0.2) is 6.61 Å². The third-order valence-corrected chi connectivity index (χ3v) is 2.81. The Labute approximate surface area is 137 Å². The molecule has 0 fully saturated rings. The summed E-state index contributed by atoms with van der Waals surface area (Å²) in [5, 5.41) is 8.71. The van der Waals surface area contributed by atoms with Crippen molar-refractivity contribution in [1.82, 2.24) is 26.4 Å². The van der Waals surface area contributed by atoms with E-state index in [9.17, 15) is 14.4 Å². The second-order valence-electron chi connectivity index (χ2n) is 4.73. The number of hydrazine groups is 1. The molecule has 0 spiro atoms. The van der Waals surface area contributed by atoms with Crippen LogP contribution in [0.3, 0.4) is 0 Å². The molecule has 0 bridgehead atoms. The molecule has 1 heterocycles. The van der Waals surface area contributed by atoms with Crippen molar-refractivity contribution in [2.24, 2.45) is 0 Å². The molecule has 0 saturated carbocycles. The number of rotatable bonds is 7. The van der Waals surface area contributed by atoms with Crippen LogP contribution in [0.15, 0.2) is 42.6 Å². The van der Waals surface area contributed by atoms with Gasteiger partial charge in [-0.3, -0.25) is 30.3 Å². The predicted octanol–water partition coefficient (Wildman–Crippen LogP) is -0.705. The Morgan fingerprint density at radius 1 is 1.00 bits per heavy atom. The van der Waals surface area contributed by atoms with Crippen LogP contribution in [0.25, 0.3) is 0 Å². The summed E-state index contributed by atoms with van der Waals surface area (Å²) in [5.74, 6) is -0.853. The molecule has 2 aromatic rings. The quantitative estimate of drug-likeness (QED) is 0.499. The number of H-pyrrole nitrogens is 1. The molecule has 9 heteroatoms. The second kappa shape index (κ2) is 8.93. The first kappa shape index (κ1) is 17.0. The smallest absolute Gasteiger partial charge is 0.258 e. The molecule has 0 aliphatic rings. The largest absolute Gasteiger partial charge is 0.484 e. The zero-order valence-corrected chi connectivity index (χ0v) is 12.7. The Morgan fingerprint density at radius 3 is 2.46 bits per heavy atom. The van der Waals surface area contributed by atoms with E-state index in [0.29, 0.717) is 11.4 Å². The minimum atomic E-state index is -0.555. The SMILES string of the molecule is O=C(COc1ccccc1)NCC(=O)NNC(=O)Cc1ccn[nH]1. The van der Waals surface area contributed by atoms with E-state index in [1.54, 1.807) is 30.3 Å². The van der Waals surface area contributed by atoms with E-state index in [-0.39, 0.29) is 19.6 Å². The van der Waals surface area contributed by atoms with Gasteiger partial charge in [0.05, 0.1) is 13.0 Å². The van der Waals surface area contributed by atoms with Crippen LogP contribution < -0.4 is 20.9 Å². The predicted molar refractivity (Wildman–Crippen MR) is 83.5 cm³/mol. The standard InChI is InChI=1S/C15H17N5O4/c21-13(8-11-6-7-17-18-11)19-20-14(22)9-16-15(23)10-24-12-4-2-1-3-5-12/h1-7H,8-10H2,(H,16,23)(H,17,18)(H,19,21)(H,20,22). The molecular weight excluding hydrogens is 314 g/mol. The zero-order valence-electron chi connectivity index (χ0n) is 12.7. The molecule has 0 unspecified atom stereocenters. The van der Waals surface area contributed by atoms with Crippen molar-refractivity contribution in [3.8, 4) is 5.75 Å². The van der Waals surface area contributed by atoms with Crippen molar-refractivity contribution in [2.45, 2.75) is 6.42 Å². The summed E-state index contributed by atoms with van der Waals surface area (Å²) in [4.78, 5) is 34.6. The van der Waals surface area contributed by atoms with Crippen LogP contribution in [-0.4, -0.2) is 41.1 Å². The van der Waals surface area contributed by atoms with Crippen molar-refractivity contribution >= 4 is 17.7 Å². The van der Waals surface area contributed by atoms with Crippen LogP contribution >= 0.6 is 0 Å². The van der Waals surface area contributed by atoms with Gasteiger partial charge in [0.1, 0.15) is 5.75 Å². The van der Waals surface area contributed by atoms with E-state index >= 15 is 0 Å². The van der Waals surface area contributed by atoms with E-state index in [1.807, 2.05) is 6.07 Å². The number of aromatic amines is 1. The van der Waals surface area contributed by atoms with Gasteiger partial charge >= 0.3 is 0 Å². The summed E-state index contributed by atoms with van der Waals surface area (Å²) in [7, 11) is 0. The first-order valence-electron chi connectivity index (χ1n) is 7.14. The summed E-state index contributed by atoms with van der Waals surface area (Å²) in [6.07, 6.45) is 1.58. The lowest BCUT2D eigenvalue weighted by Gasteiger charge is -2.09. The minimum absolute atomic E-state index is 0.0531. The highest BCUT2D eigenvalue weighted by Crippen LogP contribution is 2.07. The lowest BCUT2D eigenvalue weighted by atomic mass is 10.3. The van der Waals surface area contributed by atoms with Crippen molar-refractivity contribution < 1.29 is 19.1 Å². The fraction of sp³-hybridized carbons (Fsp3) is 0.200. The zero-order chi connectivity index (χ0) is 17.2. The molecule has 0 atom stereocenters. The summed E-state index contributed by atoms with van der Waals surface area (Å²) in [6, 6.07) is 10.5. The van der Waals surface area contributed by atoms with Gasteiger partial charge in [0, 0.05) is 11.9 Å². The first-order chi connectivity index (χ1) is 11.6. The number of para-hydroxylation sites is 1. The van der Waals surface area contributed by atoms with Gasteiger partial charge in [0.25, 0.3) is 11.8 Å². The first-order valence-corrected chi connectivity index (χ1v) is 7.14. The average molecular weight is 331 g/mol. The van der Waals surface area contributed by atoms with E-state index in [0.717, 1.165) is 0 Å². The number of benzene rings is 1. The Hall–Kier alpha value is -3.36. The van der Waals surface area contributed by atoms with Crippen LogP contribution in [0.5, 0.6) is 5.75 Å². The third-order valence-electron chi connectivity index (χ3n) is 2.81. The number of aromatic nitrogens is 2. The van der Waals surface area contributed by atoms with Gasteiger partial charge in [-0.1, -0.05) is 18.2 Å². The van der Waals surface area contributed by atoms with Crippen molar-refractivity contribution in [1.29, 1.82) is 0 Å². The van der Waals surface area contributed by atoms with Crippen LogP contribution in [0.4, 0.5) is 0 Å². The molecule has 0 saturated heterocycles. The minimum Gasteiger partial charge on any atom is -0.484 e.